The summed E-state index contributed by atoms with van der Waals surface area (Å²) in [6.07, 6.45) is 2.07. The first-order valence-corrected chi connectivity index (χ1v) is 11.6. The minimum absolute atomic E-state index is 0.161. The van der Waals surface area contributed by atoms with E-state index in [9.17, 15) is 13.2 Å². The number of carbonyl (C=O) groups excluding carboxylic acids is 1. The molecule has 0 aliphatic carbocycles. The van der Waals surface area contributed by atoms with Gasteiger partial charge in [0.25, 0.3) is 10.0 Å². The summed E-state index contributed by atoms with van der Waals surface area (Å²) in [6.45, 7) is 2.67. The van der Waals surface area contributed by atoms with Crippen molar-refractivity contribution in [3.8, 4) is 0 Å². The fourth-order valence-electron chi connectivity index (χ4n) is 3.58. The van der Waals surface area contributed by atoms with E-state index in [1.54, 1.807) is 24.3 Å². The fraction of sp³-hybridized carbons (Fsp3) is 0.160. The molecule has 158 valence electrons. The Labute approximate surface area is 183 Å². The maximum Gasteiger partial charge on any atom is 0.270 e. The molecular weight excluding hydrogens is 408 g/mol. The summed E-state index contributed by atoms with van der Waals surface area (Å²) in [7, 11) is -4.00. The molecule has 0 unspecified atom stereocenters. The number of fused-ring (bicyclic) bond motifs is 1. The Morgan fingerprint density at radius 1 is 0.871 bits per heavy atom. The Morgan fingerprint density at radius 3 is 2.29 bits per heavy atom. The highest BCUT2D eigenvalue weighted by atomic mass is 32.2. The monoisotopic (exact) mass is 432 g/mol. The molecule has 0 saturated heterocycles. The largest absolute Gasteiger partial charge is 0.389 e. The van der Waals surface area contributed by atoms with Crippen LogP contribution in [0.25, 0.3) is 0 Å². The Morgan fingerprint density at radius 2 is 1.55 bits per heavy atom. The maximum absolute atomic E-state index is 13.4. The van der Waals surface area contributed by atoms with Crippen LogP contribution in [0.2, 0.25) is 0 Å². The Bertz CT molecular complexity index is 1220. The predicted octanol–water partition coefficient (Wildman–Crippen LogP) is 4.20. The summed E-state index contributed by atoms with van der Waals surface area (Å²) in [6, 6.07) is 24.5. The van der Waals surface area contributed by atoms with Gasteiger partial charge in [0, 0.05) is 18.3 Å². The van der Waals surface area contributed by atoms with E-state index < -0.39 is 15.8 Å². The van der Waals surface area contributed by atoms with Crippen LogP contribution in [0.3, 0.4) is 0 Å². The number of Topliss-reactive ketones (excluding diaryl/α,β-unsaturated/α-hetero) is 1. The summed E-state index contributed by atoms with van der Waals surface area (Å²) in [4.78, 5) is 12.8. The predicted molar refractivity (Wildman–Crippen MR) is 123 cm³/mol. The molecule has 0 bridgehead atoms. The van der Waals surface area contributed by atoms with Gasteiger partial charge in [0.15, 0.2) is 4.91 Å². The van der Waals surface area contributed by atoms with Crippen molar-refractivity contribution < 1.29 is 13.2 Å². The van der Waals surface area contributed by atoms with Crippen LogP contribution >= 0.6 is 0 Å². The third-order valence-corrected chi connectivity index (χ3v) is 7.06. The topological polar surface area (TPSA) is 66.5 Å². The van der Waals surface area contributed by atoms with Crippen molar-refractivity contribution in [3.63, 3.8) is 0 Å². The molecule has 0 spiro atoms. The standard InChI is InChI=1S/C25H24N2O3S/c1-19-11-13-21(14-12-19)18-27-23-10-6-5-9-22(23)25(28)24(31(27,29)30)17-26-16-15-20-7-3-2-4-8-20/h2-14,17,26H,15-16,18H2,1H3. The number of sulfonamides is 1. The molecule has 3 aromatic carbocycles. The van der Waals surface area contributed by atoms with Crippen molar-refractivity contribution in [1.82, 2.24) is 5.32 Å². The van der Waals surface area contributed by atoms with Gasteiger partial charge in [-0.15, -0.1) is 0 Å². The molecule has 0 radical (unpaired) electrons. The molecular formula is C25H24N2O3S. The highest BCUT2D eigenvalue weighted by molar-refractivity contribution is 7.97. The number of nitrogens with one attached hydrogen (secondary N) is 1. The van der Waals surface area contributed by atoms with Crippen LogP contribution in [0, 0.1) is 6.92 Å². The summed E-state index contributed by atoms with van der Waals surface area (Å²) in [5.41, 5.74) is 3.89. The van der Waals surface area contributed by atoms with Crippen LogP contribution in [-0.2, 0) is 23.0 Å². The lowest BCUT2D eigenvalue weighted by Gasteiger charge is -2.31. The van der Waals surface area contributed by atoms with Gasteiger partial charge in [-0.3, -0.25) is 9.10 Å². The highest BCUT2D eigenvalue weighted by Gasteiger charge is 2.39. The third kappa shape index (κ3) is 4.39. The van der Waals surface area contributed by atoms with E-state index in [1.807, 2.05) is 61.5 Å². The number of para-hydroxylation sites is 1. The zero-order chi connectivity index (χ0) is 21.8. The van der Waals surface area contributed by atoms with Crippen LogP contribution in [0.1, 0.15) is 27.0 Å². The zero-order valence-electron chi connectivity index (χ0n) is 17.3. The van der Waals surface area contributed by atoms with Crippen molar-refractivity contribution in [2.45, 2.75) is 19.9 Å². The van der Waals surface area contributed by atoms with E-state index >= 15 is 0 Å². The average Bonchev–Trinajstić information content (AvgIpc) is 2.78. The lowest BCUT2D eigenvalue weighted by atomic mass is 10.1. The Hall–Kier alpha value is -3.38. The number of carbonyl (C=O) groups is 1. The van der Waals surface area contributed by atoms with Gasteiger partial charge in [-0.05, 0) is 36.6 Å². The molecule has 0 amide bonds. The molecule has 5 nitrogen and oxygen atoms in total. The molecule has 0 saturated carbocycles. The van der Waals surface area contributed by atoms with Crippen LogP contribution in [0.4, 0.5) is 5.69 Å². The van der Waals surface area contributed by atoms with Crippen molar-refractivity contribution in [2.75, 3.05) is 10.8 Å². The number of hydrogen-bond acceptors (Lipinski definition) is 4. The van der Waals surface area contributed by atoms with E-state index in [0.717, 1.165) is 23.1 Å². The number of benzene rings is 3. The second-order valence-corrected chi connectivity index (χ2v) is 9.37. The first kappa shape index (κ1) is 20.9. The van der Waals surface area contributed by atoms with E-state index in [-0.39, 0.29) is 11.4 Å². The van der Waals surface area contributed by atoms with Crippen molar-refractivity contribution in [1.29, 1.82) is 0 Å². The van der Waals surface area contributed by atoms with E-state index in [4.69, 9.17) is 0 Å². The quantitative estimate of drug-likeness (QED) is 0.468. The number of aryl methyl sites for hydroxylation is 1. The number of rotatable bonds is 6. The fourth-order valence-corrected chi connectivity index (χ4v) is 5.13. The van der Waals surface area contributed by atoms with Crippen LogP contribution < -0.4 is 9.62 Å². The molecule has 4 rings (SSSR count). The van der Waals surface area contributed by atoms with Crippen LogP contribution in [-0.4, -0.2) is 20.7 Å². The van der Waals surface area contributed by atoms with Gasteiger partial charge in [0.1, 0.15) is 0 Å². The molecule has 1 N–H and O–H groups in total. The van der Waals surface area contributed by atoms with Crippen molar-refractivity contribution in [2.24, 2.45) is 0 Å². The molecule has 1 aliphatic heterocycles. The smallest absolute Gasteiger partial charge is 0.270 e. The second kappa shape index (κ2) is 8.78. The van der Waals surface area contributed by atoms with Gasteiger partial charge >= 0.3 is 0 Å². The SMILES string of the molecule is Cc1ccc(CN2c3ccccc3C(=O)C(=CNCCc3ccccc3)S2(=O)=O)cc1. The van der Waals surface area contributed by atoms with Crippen LogP contribution in [0.5, 0.6) is 0 Å². The van der Waals surface area contributed by atoms with Crippen molar-refractivity contribution in [3.05, 3.63) is 112 Å². The molecule has 0 fully saturated rings. The molecule has 0 atom stereocenters. The number of anilines is 1. The molecule has 31 heavy (non-hydrogen) atoms. The molecule has 6 heteroatoms. The van der Waals surface area contributed by atoms with Gasteiger partial charge in [0.2, 0.25) is 5.78 Å². The summed E-state index contributed by atoms with van der Waals surface area (Å²) in [5.74, 6) is -0.483. The minimum atomic E-state index is -4.00. The summed E-state index contributed by atoms with van der Waals surface area (Å²) in [5, 5.41) is 3.02. The zero-order valence-corrected chi connectivity index (χ0v) is 18.1. The average molecular weight is 433 g/mol. The lowest BCUT2D eigenvalue weighted by molar-refractivity contribution is 0.104. The minimum Gasteiger partial charge on any atom is -0.389 e. The number of hydrogen-bond donors (Lipinski definition) is 1. The first-order valence-electron chi connectivity index (χ1n) is 10.2. The molecule has 1 heterocycles. The third-order valence-electron chi connectivity index (χ3n) is 5.29. The number of allylic oxidation sites excluding steroid dienone is 1. The second-order valence-electron chi connectivity index (χ2n) is 7.54. The molecule has 3 aromatic rings. The van der Waals surface area contributed by atoms with Gasteiger partial charge in [0.05, 0.1) is 12.2 Å². The van der Waals surface area contributed by atoms with Gasteiger partial charge in [-0.1, -0.05) is 72.3 Å². The van der Waals surface area contributed by atoms with Gasteiger partial charge < -0.3 is 5.32 Å². The molecule has 1 aliphatic rings. The number of ketones is 1. The first-order chi connectivity index (χ1) is 15.0. The van der Waals surface area contributed by atoms with Gasteiger partial charge in [-0.2, -0.15) is 0 Å². The Kier molecular flexibility index (Phi) is 5.91. The maximum atomic E-state index is 13.4. The van der Waals surface area contributed by atoms with E-state index in [2.05, 4.69) is 5.32 Å². The van der Waals surface area contributed by atoms with E-state index in [1.165, 1.54) is 10.5 Å². The van der Waals surface area contributed by atoms with Gasteiger partial charge in [-0.25, -0.2) is 8.42 Å². The van der Waals surface area contributed by atoms with Crippen molar-refractivity contribution >= 4 is 21.5 Å². The lowest BCUT2D eigenvalue weighted by Crippen LogP contribution is -2.39. The Balaban J connectivity index is 1.63. The highest BCUT2D eigenvalue weighted by Crippen LogP contribution is 2.35. The normalized spacial score (nSPS) is 16.2. The number of nitrogens with zero attached hydrogens (tertiary/aromatic N) is 1. The summed E-state index contributed by atoms with van der Waals surface area (Å²) < 4.78 is 28.2. The molecule has 0 aromatic heterocycles. The van der Waals surface area contributed by atoms with Crippen LogP contribution in [0.15, 0.2) is 90.0 Å². The summed E-state index contributed by atoms with van der Waals surface area (Å²) >= 11 is 0. The van der Waals surface area contributed by atoms with E-state index in [0.29, 0.717) is 17.8 Å².